The Hall–Kier alpha value is -3.78. The van der Waals surface area contributed by atoms with Gasteiger partial charge in [0.25, 0.3) is 5.91 Å². The number of H-pyrrole nitrogens is 1. The summed E-state index contributed by atoms with van der Waals surface area (Å²) in [6, 6.07) is 16.3. The number of ether oxygens (including phenoxy) is 1. The van der Waals surface area contributed by atoms with Crippen molar-refractivity contribution in [2.75, 3.05) is 25.1 Å². The van der Waals surface area contributed by atoms with Gasteiger partial charge in [-0.25, -0.2) is 9.37 Å². The third-order valence-corrected chi connectivity index (χ3v) is 6.55. The summed E-state index contributed by atoms with van der Waals surface area (Å²) in [6.45, 7) is 3.98. The van der Waals surface area contributed by atoms with Crippen molar-refractivity contribution in [2.24, 2.45) is 0 Å². The number of pyridine rings is 1. The number of carbonyl (C=O) groups excluding carboxylic acids is 1. The zero-order chi connectivity index (χ0) is 25.1. The van der Waals surface area contributed by atoms with E-state index in [0.29, 0.717) is 19.7 Å². The normalized spacial score (nSPS) is 15.4. The molecule has 0 unspecified atom stereocenters. The minimum atomic E-state index is -0.524. The second-order valence-electron chi connectivity index (χ2n) is 9.41. The summed E-state index contributed by atoms with van der Waals surface area (Å²) in [5.41, 5.74) is 3.91. The molecule has 0 saturated carbocycles. The van der Waals surface area contributed by atoms with Gasteiger partial charge in [-0.2, -0.15) is 5.10 Å². The van der Waals surface area contributed by atoms with Crippen LogP contribution >= 0.6 is 0 Å². The molecule has 1 N–H and O–H groups in total. The highest BCUT2D eigenvalue weighted by molar-refractivity contribution is 5.94. The van der Waals surface area contributed by atoms with Crippen molar-refractivity contribution < 1.29 is 13.9 Å². The predicted molar refractivity (Wildman–Crippen MR) is 137 cm³/mol. The second kappa shape index (κ2) is 10.5. The zero-order valence-electron chi connectivity index (χ0n) is 20.6. The van der Waals surface area contributed by atoms with Gasteiger partial charge < -0.3 is 14.5 Å². The molecule has 8 heteroatoms. The van der Waals surface area contributed by atoms with E-state index in [1.165, 1.54) is 12.1 Å². The molecule has 0 aliphatic carbocycles. The molecule has 1 aliphatic rings. The van der Waals surface area contributed by atoms with Crippen molar-refractivity contribution in [1.29, 1.82) is 0 Å². The Morgan fingerprint density at radius 1 is 1.17 bits per heavy atom. The Labute approximate surface area is 209 Å². The Bertz CT molecular complexity index is 1350. The molecule has 1 atom stereocenters. The minimum Gasteiger partial charge on any atom is -0.376 e. The van der Waals surface area contributed by atoms with Gasteiger partial charge in [-0.15, -0.1) is 0 Å². The summed E-state index contributed by atoms with van der Waals surface area (Å²) < 4.78 is 20.5. The van der Waals surface area contributed by atoms with Crippen LogP contribution in [0.5, 0.6) is 0 Å². The molecule has 3 heterocycles. The van der Waals surface area contributed by atoms with Gasteiger partial charge >= 0.3 is 0 Å². The van der Waals surface area contributed by atoms with E-state index < -0.39 is 5.82 Å². The molecule has 0 spiro atoms. The van der Waals surface area contributed by atoms with Crippen molar-refractivity contribution in [3.05, 3.63) is 89.0 Å². The smallest absolute Gasteiger partial charge is 0.257 e. The zero-order valence-corrected chi connectivity index (χ0v) is 20.6. The fourth-order valence-electron chi connectivity index (χ4n) is 4.74. The molecule has 2 aromatic heterocycles. The molecule has 36 heavy (non-hydrogen) atoms. The van der Waals surface area contributed by atoms with Crippen LogP contribution in [0.15, 0.2) is 60.8 Å². The molecule has 5 rings (SSSR count). The number of nitrogens with one attached hydrogen (secondary N) is 1. The topological polar surface area (TPSA) is 74.3 Å². The van der Waals surface area contributed by atoms with Gasteiger partial charge in [-0.1, -0.05) is 23.8 Å². The fourth-order valence-corrected chi connectivity index (χ4v) is 4.74. The van der Waals surface area contributed by atoms with Gasteiger partial charge in [-0.3, -0.25) is 9.89 Å². The number of hydrogen-bond donors (Lipinski definition) is 1. The molecule has 4 aromatic rings. The number of carbonyl (C=O) groups is 1. The maximum Gasteiger partial charge on any atom is 0.257 e. The summed E-state index contributed by atoms with van der Waals surface area (Å²) in [5, 5.41) is 8.04. The number of aromatic nitrogens is 3. The first-order chi connectivity index (χ1) is 17.5. The van der Waals surface area contributed by atoms with Gasteiger partial charge in [-0.05, 0) is 56.2 Å². The number of benzene rings is 2. The number of rotatable bonds is 8. The quantitative estimate of drug-likeness (QED) is 0.384. The van der Waals surface area contributed by atoms with Gasteiger partial charge in [0, 0.05) is 43.9 Å². The molecular formula is C28H30FN5O2. The van der Waals surface area contributed by atoms with E-state index in [4.69, 9.17) is 9.72 Å². The highest BCUT2D eigenvalue weighted by Crippen LogP contribution is 2.28. The number of aryl methyl sites for hydroxylation is 1. The molecule has 1 amide bonds. The van der Waals surface area contributed by atoms with E-state index in [9.17, 15) is 9.18 Å². The third-order valence-electron chi connectivity index (χ3n) is 6.55. The van der Waals surface area contributed by atoms with Crippen LogP contribution in [0, 0.1) is 12.7 Å². The van der Waals surface area contributed by atoms with Crippen molar-refractivity contribution in [3.8, 4) is 0 Å². The highest BCUT2D eigenvalue weighted by Gasteiger charge is 2.27. The SMILES string of the molecule is Cc1ccc2nc(N(C)Cc3ccn[nH]3)c(CN(C[C@@H]3CCCO3)C(=O)c3ccccc3F)cc2c1. The van der Waals surface area contributed by atoms with E-state index in [-0.39, 0.29) is 24.1 Å². The van der Waals surface area contributed by atoms with E-state index >= 15 is 0 Å². The lowest BCUT2D eigenvalue weighted by atomic mass is 10.1. The van der Waals surface area contributed by atoms with Gasteiger partial charge in [0.2, 0.25) is 0 Å². The van der Waals surface area contributed by atoms with Crippen LogP contribution < -0.4 is 4.90 Å². The molecular weight excluding hydrogens is 457 g/mol. The molecule has 186 valence electrons. The maximum absolute atomic E-state index is 14.6. The minimum absolute atomic E-state index is 0.0625. The summed E-state index contributed by atoms with van der Waals surface area (Å²) in [4.78, 5) is 22.3. The summed E-state index contributed by atoms with van der Waals surface area (Å²) in [6.07, 6.45) is 3.49. The number of anilines is 1. The third kappa shape index (κ3) is 5.23. The molecule has 0 radical (unpaired) electrons. The Morgan fingerprint density at radius 3 is 2.78 bits per heavy atom. The lowest BCUT2D eigenvalue weighted by molar-refractivity contribution is 0.0504. The summed E-state index contributed by atoms with van der Waals surface area (Å²) in [7, 11) is 1.97. The first-order valence-electron chi connectivity index (χ1n) is 12.2. The number of amides is 1. The van der Waals surface area contributed by atoms with Crippen molar-refractivity contribution in [3.63, 3.8) is 0 Å². The first-order valence-corrected chi connectivity index (χ1v) is 12.2. The molecule has 0 bridgehead atoms. The van der Waals surface area contributed by atoms with Crippen LogP contribution in [0.2, 0.25) is 0 Å². The van der Waals surface area contributed by atoms with E-state index in [1.807, 2.05) is 37.1 Å². The lowest BCUT2D eigenvalue weighted by Crippen LogP contribution is -2.38. The van der Waals surface area contributed by atoms with Crippen LogP contribution in [0.1, 0.15) is 40.0 Å². The molecule has 1 fully saturated rings. The Morgan fingerprint density at radius 2 is 2.03 bits per heavy atom. The Balaban J connectivity index is 1.54. The van der Waals surface area contributed by atoms with Gasteiger partial charge in [0.15, 0.2) is 0 Å². The number of halogens is 1. The average Bonchev–Trinajstić information content (AvgIpc) is 3.57. The second-order valence-corrected chi connectivity index (χ2v) is 9.41. The van der Waals surface area contributed by atoms with Crippen molar-refractivity contribution >= 4 is 22.6 Å². The Kier molecular flexibility index (Phi) is 6.95. The van der Waals surface area contributed by atoms with Crippen molar-refractivity contribution in [1.82, 2.24) is 20.1 Å². The number of hydrogen-bond acceptors (Lipinski definition) is 5. The predicted octanol–water partition coefficient (Wildman–Crippen LogP) is 4.86. The van der Waals surface area contributed by atoms with Crippen LogP contribution in [-0.2, 0) is 17.8 Å². The summed E-state index contributed by atoms with van der Waals surface area (Å²) in [5.74, 6) is -0.113. The largest absolute Gasteiger partial charge is 0.376 e. The maximum atomic E-state index is 14.6. The number of fused-ring (bicyclic) bond motifs is 1. The van der Waals surface area contributed by atoms with Crippen LogP contribution in [-0.4, -0.2) is 52.3 Å². The van der Waals surface area contributed by atoms with Crippen LogP contribution in [0.4, 0.5) is 10.2 Å². The fraction of sp³-hybridized carbons (Fsp3) is 0.321. The van der Waals surface area contributed by atoms with E-state index in [0.717, 1.165) is 46.4 Å². The van der Waals surface area contributed by atoms with Gasteiger partial charge in [0.1, 0.15) is 11.6 Å². The molecule has 7 nitrogen and oxygen atoms in total. The van der Waals surface area contributed by atoms with E-state index in [1.54, 1.807) is 23.2 Å². The summed E-state index contributed by atoms with van der Waals surface area (Å²) >= 11 is 0. The lowest BCUT2D eigenvalue weighted by Gasteiger charge is -2.28. The molecule has 2 aromatic carbocycles. The van der Waals surface area contributed by atoms with Crippen molar-refractivity contribution in [2.45, 2.75) is 39.0 Å². The van der Waals surface area contributed by atoms with Gasteiger partial charge in [0.05, 0.1) is 29.4 Å². The standard InChI is InChI=1S/C28H30FN5O2/c1-19-9-10-26-20(14-19)15-21(27(31-26)33(2)17-22-11-12-30-32-22)16-34(18-23-6-5-13-36-23)28(35)24-7-3-4-8-25(24)29/h3-4,7-12,14-15,23H,5-6,13,16-18H2,1-2H3,(H,30,32)/t23-/m0/s1. The monoisotopic (exact) mass is 487 g/mol. The number of nitrogens with zero attached hydrogens (tertiary/aromatic N) is 4. The average molecular weight is 488 g/mol. The number of aromatic amines is 1. The van der Waals surface area contributed by atoms with Crippen LogP contribution in [0.25, 0.3) is 10.9 Å². The molecule has 1 aliphatic heterocycles. The van der Waals surface area contributed by atoms with Crippen LogP contribution in [0.3, 0.4) is 0 Å². The molecule has 1 saturated heterocycles. The highest BCUT2D eigenvalue weighted by atomic mass is 19.1. The first kappa shape index (κ1) is 23.9. The van der Waals surface area contributed by atoms with E-state index in [2.05, 4.69) is 22.3 Å².